The summed E-state index contributed by atoms with van der Waals surface area (Å²) in [6, 6.07) is 1.19. The predicted octanol–water partition coefficient (Wildman–Crippen LogP) is 1.53. The smallest absolute Gasteiger partial charge is 0.253 e. The van der Waals surface area contributed by atoms with Crippen molar-refractivity contribution in [3.63, 3.8) is 0 Å². The monoisotopic (exact) mass is 265 g/mol. The highest BCUT2D eigenvalue weighted by atomic mass is 35.5. The molecule has 1 atom stereocenters. The Kier molecular flexibility index (Phi) is 3.47. The first-order valence-corrected chi connectivity index (χ1v) is 5.67. The van der Waals surface area contributed by atoms with Gasteiger partial charge in [-0.05, 0) is 13.0 Å². The third-order valence-electron chi connectivity index (χ3n) is 2.40. The van der Waals surface area contributed by atoms with E-state index in [1.54, 1.807) is 12.4 Å². The number of anilines is 1. The highest BCUT2D eigenvalue weighted by Gasteiger charge is 2.16. The lowest BCUT2D eigenvalue weighted by molar-refractivity contribution is 0.0938. The number of hydrogen-bond donors (Lipinski definition) is 3. The molecule has 0 saturated heterocycles. The lowest BCUT2D eigenvalue weighted by atomic mass is 10.2. The minimum absolute atomic E-state index is 0.246. The fourth-order valence-corrected chi connectivity index (χ4v) is 1.68. The summed E-state index contributed by atoms with van der Waals surface area (Å²) < 4.78 is 0. The molecule has 18 heavy (non-hydrogen) atoms. The molecule has 2 heterocycles. The summed E-state index contributed by atoms with van der Waals surface area (Å²) in [6.07, 6.45) is 4.66. The van der Waals surface area contributed by atoms with E-state index in [1.165, 1.54) is 12.3 Å². The molecule has 0 saturated carbocycles. The number of H-pyrrole nitrogens is 1. The molecular formula is C11H12ClN5O. The number of aromatic amines is 1. The first-order chi connectivity index (χ1) is 8.58. The molecule has 0 aliphatic carbocycles. The van der Waals surface area contributed by atoms with Crippen molar-refractivity contribution >= 4 is 23.3 Å². The van der Waals surface area contributed by atoms with E-state index in [2.05, 4.69) is 20.3 Å². The molecule has 1 amide bonds. The molecule has 2 rings (SSSR count). The van der Waals surface area contributed by atoms with E-state index >= 15 is 0 Å². The van der Waals surface area contributed by atoms with Crippen LogP contribution in [0.15, 0.2) is 24.7 Å². The van der Waals surface area contributed by atoms with Crippen LogP contribution in [-0.4, -0.2) is 20.9 Å². The lowest BCUT2D eigenvalue weighted by Gasteiger charge is -2.12. The van der Waals surface area contributed by atoms with Gasteiger partial charge in [-0.15, -0.1) is 0 Å². The molecule has 0 bridgehead atoms. The number of imidazole rings is 1. The Bertz CT molecular complexity index is 555. The molecule has 0 fully saturated rings. The van der Waals surface area contributed by atoms with Crippen LogP contribution in [0.25, 0.3) is 0 Å². The zero-order valence-corrected chi connectivity index (χ0v) is 10.4. The van der Waals surface area contributed by atoms with Gasteiger partial charge in [0.15, 0.2) is 0 Å². The van der Waals surface area contributed by atoms with Crippen molar-refractivity contribution in [1.29, 1.82) is 0 Å². The molecular weight excluding hydrogens is 254 g/mol. The zero-order chi connectivity index (χ0) is 13.1. The van der Waals surface area contributed by atoms with Gasteiger partial charge in [0.2, 0.25) is 0 Å². The van der Waals surface area contributed by atoms with Gasteiger partial charge in [-0.1, -0.05) is 11.6 Å². The first-order valence-electron chi connectivity index (χ1n) is 5.29. The lowest BCUT2D eigenvalue weighted by Crippen LogP contribution is -2.27. The normalized spacial score (nSPS) is 12.1. The molecule has 7 heteroatoms. The van der Waals surface area contributed by atoms with E-state index in [0.717, 1.165) is 0 Å². The molecule has 2 aromatic rings. The van der Waals surface area contributed by atoms with Gasteiger partial charge >= 0.3 is 0 Å². The van der Waals surface area contributed by atoms with Crippen LogP contribution in [0.4, 0.5) is 5.82 Å². The summed E-state index contributed by atoms with van der Waals surface area (Å²) in [5.41, 5.74) is 5.82. The van der Waals surface area contributed by atoms with Crippen molar-refractivity contribution < 1.29 is 4.79 Å². The zero-order valence-electron chi connectivity index (χ0n) is 9.64. The maximum Gasteiger partial charge on any atom is 0.253 e. The van der Waals surface area contributed by atoms with Crippen LogP contribution in [0.5, 0.6) is 0 Å². The predicted molar refractivity (Wildman–Crippen MR) is 68.1 cm³/mol. The molecule has 1 unspecified atom stereocenters. The van der Waals surface area contributed by atoms with Gasteiger partial charge in [0.05, 0.1) is 16.6 Å². The van der Waals surface area contributed by atoms with Crippen molar-refractivity contribution in [2.45, 2.75) is 13.0 Å². The van der Waals surface area contributed by atoms with Crippen molar-refractivity contribution in [2.75, 3.05) is 5.73 Å². The van der Waals surface area contributed by atoms with Gasteiger partial charge in [-0.2, -0.15) is 0 Å². The van der Waals surface area contributed by atoms with E-state index in [4.69, 9.17) is 17.3 Å². The Hall–Kier alpha value is -2.08. The summed E-state index contributed by atoms with van der Waals surface area (Å²) >= 11 is 5.90. The van der Waals surface area contributed by atoms with Gasteiger partial charge in [-0.3, -0.25) is 4.79 Å². The number of hydrogen-bond acceptors (Lipinski definition) is 4. The third kappa shape index (κ3) is 2.60. The van der Waals surface area contributed by atoms with E-state index in [9.17, 15) is 4.79 Å². The van der Waals surface area contributed by atoms with Crippen LogP contribution in [0.3, 0.4) is 0 Å². The number of pyridine rings is 1. The second kappa shape index (κ2) is 5.05. The maximum atomic E-state index is 12.0. The molecule has 2 aromatic heterocycles. The van der Waals surface area contributed by atoms with Crippen molar-refractivity contribution in [1.82, 2.24) is 20.3 Å². The quantitative estimate of drug-likeness (QED) is 0.784. The number of amides is 1. The number of nitrogens with one attached hydrogen (secondary N) is 2. The topological polar surface area (TPSA) is 96.7 Å². The standard InChI is InChI=1S/C11H12ClN5O/c1-6(10-14-2-3-15-10)17-11(18)7-4-9(13)16-5-8(7)12/h2-6H,1H3,(H2,13,16)(H,14,15)(H,17,18). The minimum atomic E-state index is -0.321. The Morgan fingerprint density at radius 2 is 2.33 bits per heavy atom. The van der Waals surface area contributed by atoms with Crippen molar-refractivity contribution in [3.05, 3.63) is 41.1 Å². The van der Waals surface area contributed by atoms with Crippen LogP contribution in [0.2, 0.25) is 5.02 Å². The number of nitrogens with zero attached hydrogens (tertiary/aromatic N) is 2. The SMILES string of the molecule is CC(NC(=O)c1cc(N)ncc1Cl)c1ncc[nH]1. The first kappa shape index (κ1) is 12.4. The Morgan fingerprint density at radius 3 is 3.00 bits per heavy atom. The second-order valence-corrected chi connectivity index (χ2v) is 4.17. The summed E-state index contributed by atoms with van der Waals surface area (Å²) in [7, 11) is 0. The van der Waals surface area contributed by atoms with E-state index in [0.29, 0.717) is 11.4 Å². The molecule has 4 N–H and O–H groups in total. The van der Waals surface area contributed by atoms with Gasteiger partial charge < -0.3 is 16.0 Å². The highest BCUT2D eigenvalue weighted by Crippen LogP contribution is 2.17. The molecule has 0 radical (unpaired) electrons. The van der Waals surface area contributed by atoms with Crippen LogP contribution < -0.4 is 11.1 Å². The average molecular weight is 266 g/mol. The second-order valence-electron chi connectivity index (χ2n) is 3.76. The Morgan fingerprint density at radius 1 is 1.56 bits per heavy atom. The van der Waals surface area contributed by atoms with Crippen LogP contribution in [0, 0.1) is 0 Å². The summed E-state index contributed by atoms with van der Waals surface area (Å²) in [5, 5.41) is 3.02. The van der Waals surface area contributed by atoms with Gasteiger partial charge in [0.25, 0.3) is 5.91 Å². The fraction of sp³-hybridized carbons (Fsp3) is 0.182. The average Bonchev–Trinajstić information content (AvgIpc) is 2.85. The number of aromatic nitrogens is 3. The summed E-state index contributed by atoms with van der Waals surface area (Å²) in [6.45, 7) is 1.81. The third-order valence-corrected chi connectivity index (χ3v) is 2.70. The number of carbonyl (C=O) groups excluding carboxylic acids is 1. The maximum absolute atomic E-state index is 12.0. The minimum Gasteiger partial charge on any atom is -0.384 e. The molecule has 0 aromatic carbocycles. The number of rotatable bonds is 3. The Labute approximate surface area is 109 Å². The van der Waals surface area contributed by atoms with E-state index in [-0.39, 0.29) is 22.8 Å². The highest BCUT2D eigenvalue weighted by molar-refractivity contribution is 6.33. The van der Waals surface area contributed by atoms with Crippen molar-refractivity contribution in [2.24, 2.45) is 0 Å². The van der Waals surface area contributed by atoms with Crippen molar-refractivity contribution in [3.8, 4) is 0 Å². The summed E-state index contributed by atoms with van der Waals surface area (Å²) in [5.74, 6) is 0.592. The van der Waals surface area contributed by atoms with Crippen LogP contribution in [-0.2, 0) is 0 Å². The number of carbonyl (C=O) groups is 1. The van der Waals surface area contributed by atoms with Gasteiger partial charge in [-0.25, -0.2) is 9.97 Å². The Balaban J connectivity index is 2.15. The largest absolute Gasteiger partial charge is 0.384 e. The molecule has 6 nitrogen and oxygen atoms in total. The number of nitrogen functional groups attached to an aromatic ring is 1. The number of halogens is 1. The van der Waals surface area contributed by atoms with Crippen LogP contribution >= 0.6 is 11.6 Å². The molecule has 94 valence electrons. The molecule has 0 aliphatic rings. The summed E-state index contributed by atoms with van der Waals surface area (Å²) in [4.78, 5) is 22.8. The van der Waals surface area contributed by atoms with Crippen LogP contribution in [0.1, 0.15) is 29.1 Å². The van der Waals surface area contributed by atoms with Gasteiger partial charge in [0, 0.05) is 18.6 Å². The molecule has 0 spiro atoms. The molecule has 0 aliphatic heterocycles. The van der Waals surface area contributed by atoms with E-state index < -0.39 is 0 Å². The number of nitrogens with two attached hydrogens (primary N) is 1. The fourth-order valence-electron chi connectivity index (χ4n) is 1.49. The van der Waals surface area contributed by atoms with Gasteiger partial charge in [0.1, 0.15) is 11.6 Å². The van der Waals surface area contributed by atoms with E-state index in [1.807, 2.05) is 6.92 Å².